The lowest BCUT2D eigenvalue weighted by Crippen LogP contribution is -2.29. The first-order valence-electron chi connectivity index (χ1n) is 4.79. The number of benzene rings is 1. The summed E-state index contributed by atoms with van der Waals surface area (Å²) in [5, 5.41) is 8.04. The van der Waals surface area contributed by atoms with Crippen molar-refractivity contribution in [3.8, 4) is 0 Å². The smallest absolute Gasteiger partial charge is 0.337 e. The molecule has 8 nitrogen and oxygen atoms in total. The summed E-state index contributed by atoms with van der Waals surface area (Å²) in [4.78, 5) is 26.2. The molecule has 11 heteroatoms. The zero-order chi connectivity index (χ0) is 15.5. The highest BCUT2D eigenvalue weighted by Crippen LogP contribution is 2.24. The summed E-state index contributed by atoms with van der Waals surface area (Å²) >= 11 is 5.39. The summed E-state index contributed by atoms with van der Waals surface area (Å²) < 4.78 is 36.7. The maximum atomic E-state index is 13.4. The molecule has 0 saturated carbocycles. The van der Waals surface area contributed by atoms with Crippen molar-refractivity contribution in [2.75, 3.05) is 6.61 Å². The Morgan fingerprint density at radius 3 is 2.55 bits per heavy atom. The maximum Gasteiger partial charge on any atom is 0.337 e. The van der Waals surface area contributed by atoms with Crippen molar-refractivity contribution < 1.29 is 32.3 Å². The summed E-state index contributed by atoms with van der Waals surface area (Å²) in [6, 6.07) is 1.15. The molecular formula is C9H8ClFN2O6S. The number of hydrogen-bond donors (Lipinski definition) is 3. The number of hydrogen-bond acceptors (Lipinski definition) is 5. The van der Waals surface area contributed by atoms with E-state index < -0.39 is 49.8 Å². The number of halogens is 2. The fourth-order valence-corrected chi connectivity index (χ4v) is 2.13. The maximum absolute atomic E-state index is 13.4. The molecule has 0 aliphatic rings. The second-order valence-corrected chi connectivity index (χ2v) is 5.44. The van der Waals surface area contributed by atoms with Crippen LogP contribution >= 0.6 is 11.6 Å². The Morgan fingerprint density at radius 2 is 2.05 bits per heavy atom. The molecule has 20 heavy (non-hydrogen) atoms. The first-order chi connectivity index (χ1) is 9.15. The van der Waals surface area contributed by atoms with Crippen molar-refractivity contribution >= 4 is 33.5 Å². The Balaban J connectivity index is 3.13. The molecule has 0 heterocycles. The topological polar surface area (TPSA) is 136 Å². The van der Waals surface area contributed by atoms with E-state index in [0.717, 1.165) is 0 Å². The van der Waals surface area contributed by atoms with Gasteiger partial charge in [0.15, 0.2) is 0 Å². The monoisotopic (exact) mass is 326 g/mol. The molecular weight excluding hydrogens is 319 g/mol. The van der Waals surface area contributed by atoms with Gasteiger partial charge >= 0.3 is 5.97 Å². The first kappa shape index (κ1) is 16.3. The third-order valence-corrected chi connectivity index (χ3v) is 3.50. The van der Waals surface area contributed by atoms with Crippen LogP contribution < -0.4 is 10.6 Å². The summed E-state index contributed by atoms with van der Waals surface area (Å²) in [5.74, 6) is -3.79. The number of carboxylic acids is 1. The van der Waals surface area contributed by atoms with Crippen molar-refractivity contribution in [3.63, 3.8) is 0 Å². The second-order valence-electron chi connectivity index (χ2n) is 3.41. The van der Waals surface area contributed by atoms with E-state index in [0.29, 0.717) is 12.1 Å². The number of primary amides is 1. The van der Waals surface area contributed by atoms with Crippen molar-refractivity contribution in [1.29, 1.82) is 0 Å². The molecule has 0 aliphatic heterocycles. The van der Waals surface area contributed by atoms with E-state index in [9.17, 15) is 22.4 Å². The molecule has 0 bridgehead atoms. The van der Waals surface area contributed by atoms with Gasteiger partial charge in [-0.3, -0.25) is 9.63 Å². The van der Waals surface area contributed by atoms with Gasteiger partial charge in [0.1, 0.15) is 12.4 Å². The van der Waals surface area contributed by atoms with Gasteiger partial charge in [-0.05, 0) is 12.1 Å². The molecule has 1 aromatic rings. The molecule has 1 amide bonds. The van der Waals surface area contributed by atoms with Gasteiger partial charge in [-0.2, -0.15) is 0 Å². The van der Waals surface area contributed by atoms with Gasteiger partial charge in [0, 0.05) is 0 Å². The van der Waals surface area contributed by atoms with E-state index in [1.165, 1.54) is 4.89 Å². The molecule has 0 saturated heterocycles. The highest BCUT2D eigenvalue weighted by Gasteiger charge is 2.22. The van der Waals surface area contributed by atoms with Crippen LogP contribution in [0, 0.1) is 5.82 Å². The van der Waals surface area contributed by atoms with Gasteiger partial charge in [0.05, 0.1) is 15.5 Å². The number of carboxylic acid groups (broad SMARTS) is 1. The second kappa shape index (κ2) is 6.13. The van der Waals surface area contributed by atoms with E-state index in [1.54, 1.807) is 0 Å². The SMILES string of the molecule is NC(=O)CONS(=O)(=O)c1cc(F)c(Cl)c(C(=O)O)c1. The zero-order valence-electron chi connectivity index (χ0n) is 9.59. The summed E-state index contributed by atoms with van der Waals surface area (Å²) in [7, 11) is -4.39. The summed E-state index contributed by atoms with van der Waals surface area (Å²) in [6.45, 7) is -0.749. The quantitative estimate of drug-likeness (QED) is 0.623. The minimum absolute atomic E-state index is 0.505. The standard InChI is InChI=1S/C9H8ClFN2O6S/c10-8-5(9(15)16)1-4(2-6(8)11)20(17,18)13-19-3-7(12)14/h1-2,13H,3H2,(H2,12,14)(H,15,16). The predicted octanol–water partition coefficient (Wildman–Crippen LogP) is -0.128. The average molecular weight is 327 g/mol. The Labute approximate surface area is 117 Å². The molecule has 1 rings (SSSR count). The third-order valence-electron chi connectivity index (χ3n) is 1.93. The van der Waals surface area contributed by atoms with Gasteiger partial charge in [-0.1, -0.05) is 16.5 Å². The Hall–Kier alpha value is -1.75. The number of carbonyl (C=O) groups excluding carboxylic acids is 1. The van der Waals surface area contributed by atoms with E-state index in [-0.39, 0.29) is 0 Å². The number of sulfonamides is 1. The van der Waals surface area contributed by atoms with Crippen LogP contribution in [-0.4, -0.2) is 32.0 Å². The molecule has 0 spiro atoms. The molecule has 110 valence electrons. The van der Waals surface area contributed by atoms with Gasteiger partial charge in [0.2, 0.25) is 5.91 Å². The Kier molecular flexibility index (Phi) is 5.00. The molecule has 0 fully saturated rings. The van der Waals surface area contributed by atoms with Crippen molar-refractivity contribution in [2.24, 2.45) is 5.73 Å². The molecule has 0 unspecified atom stereocenters. The molecule has 0 radical (unpaired) electrons. The van der Waals surface area contributed by atoms with E-state index >= 15 is 0 Å². The number of nitrogens with one attached hydrogen (secondary N) is 1. The third kappa shape index (κ3) is 3.87. The van der Waals surface area contributed by atoms with Crippen molar-refractivity contribution in [1.82, 2.24) is 4.89 Å². The molecule has 1 aromatic carbocycles. The van der Waals surface area contributed by atoms with Gasteiger partial charge in [-0.15, -0.1) is 0 Å². The molecule has 0 atom stereocenters. The lowest BCUT2D eigenvalue weighted by molar-refractivity contribution is -0.123. The largest absolute Gasteiger partial charge is 0.478 e. The van der Waals surface area contributed by atoms with E-state index in [1.807, 2.05) is 0 Å². The van der Waals surface area contributed by atoms with Gasteiger partial charge in [-0.25, -0.2) is 17.6 Å². The van der Waals surface area contributed by atoms with Crippen LogP contribution in [0.15, 0.2) is 17.0 Å². The highest BCUT2D eigenvalue weighted by molar-refractivity contribution is 7.89. The van der Waals surface area contributed by atoms with Crippen LogP contribution in [-0.2, 0) is 19.7 Å². The minimum atomic E-state index is -4.39. The molecule has 0 aromatic heterocycles. The number of aromatic carboxylic acids is 1. The van der Waals surface area contributed by atoms with Crippen molar-refractivity contribution in [2.45, 2.75) is 4.90 Å². The Bertz CT molecular complexity index is 663. The van der Waals surface area contributed by atoms with E-state index in [2.05, 4.69) is 4.84 Å². The van der Waals surface area contributed by atoms with Gasteiger partial charge < -0.3 is 10.8 Å². The average Bonchev–Trinajstić information content (AvgIpc) is 2.31. The van der Waals surface area contributed by atoms with Gasteiger partial charge in [0.25, 0.3) is 10.0 Å². The first-order valence-corrected chi connectivity index (χ1v) is 6.65. The fourth-order valence-electron chi connectivity index (χ4n) is 1.10. The predicted molar refractivity (Wildman–Crippen MR) is 63.8 cm³/mol. The van der Waals surface area contributed by atoms with E-state index in [4.69, 9.17) is 22.4 Å². The van der Waals surface area contributed by atoms with Crippen molar-refractivity contribution in [3.05, 3.63) is 28.5 Å². The van der Waals surface area contributed by atoms with Crippen LogP contribution in [0.4, 0.5) is 4.39 Å². The summed E-state index contributed by atoms with van der Waals surface area (Å²) in [6.07, 6.45) is 0. The molecule has 0 aliphatic carbocycles. The highest BCUT2D eigenvalue weighted by atomic mass is 35.5. The number of amides is 1. The van der Waals surface area contributed by atoms with Crippen LogP contribution in [0.5, 0.6) is 0 Å². The normalized spacial score (nSPS) is 11.3. The number of carbonyl (C=O) groups is 2. The zero-order valence-corrected chi connectivity index (χ0v) is 11.2. The Morgan fingerprint density at radius 1 is 1.45 bits per heavy atom. The van der Waals surface area contributed by atoms with Crippen LogP contribution in [0.25, 0.3) is 0 Å². The van der Waals surface area contributed by atoms with Crippen LogP contribution in [0.3, 0.4) is 0 Å². The van der Waals surface area contributed by atoms with Crippen LogP contribution in [0.2, 0.25) is 5.02 Å². The summed E-state index contributed by atoms with van der Waals surface area (Å²) in [5.41, 5.74) is 3.98. The lowest BCUT2D eigenvalue weighted by atomic mass is 10.2. The lowest BCUT2D eigenvalue weighted by Gasteiger charge is -2.08. The van der Waals surface area contributed by atoms with Crippen LogP contribution in [0.1, 0.15) is 10.4 Å². The fraction of sp³-hybridized carbons (Fsp3) is 0.111. The molecule has 4 N–H and O–H groups in total. The minimum Gasteiger partial charge on any atom is -0.478 e. The number of rotatable bonds is 6. The number of nitrogens with two attached hydrogens (primary N) is 1.